The monoisotopic (exact) mass is 297 g/mol. The molecule has 1 aromatic rings. The third-order valence-corrected chi connectivity index (χ3v) is 4.40. The second kappa shape index (κ2) is 5.31. The van der Waals surface area contributed by atoms with E-state index in [4.69, 9.17) is 22.1 Å². The van der Waals surface area contributed by atoms with E-state index in [2.05, 4.69) is 10.3 Å². The molecule has 1 saturated carbocycles. The van der Waals surface area contributed by atoms with Gasteiger partial charge in [-0.1, -0.05) is 31.5 Å². The van der Waals surface area contributed by atoms with Gasteiger partial charge in [-0.05, 0) is 19.1 Å². The van der Waals surface area contributed by atoms with Crippen LogP contribution in [0.15, 0.2) is 18.2 Å². The highest BCUT2D eigenvalue weighted by molar-refractivity contribution is 6.29. The SMILES string of the molecule is CCOC1CC(N)(C(=O)Nc2cccc(Cl)n2)C1(C)C. The number of ether oxygens (including phenoxy) is 1. The molecule has 3 N–H and O–H groups in total. The van der Waals surface area contributed by atoms with Crippen molar-refractivity contribution in [3.63, 3.8) is 0 Å². The fourth-order valence-corrected chi connectivity index (χ4v) is 2.69. The average molecular weight is 298 g/mol. The summed E-state index contributed by atoms with van der Waals surface area (Å²) < 4.78 is 5.61. The summed E-state index contributed by atoms with van der Waals surface area (Å²) in [5, 5.41) is 3.06. The van der Waals surface area contributed by atoms with E-state index < -0.39 is 11.0 Å². The molecular weight excluding hydrogens is 278 g/mol. The largest absolute Gasteiger partial charge is 0.378 e. The summed E-state index contributed by atoms with van der Waals surface area (Å²) in [5.74, 6) is 0.149. The predicted molar refractivity (Wildman–Crippen MR) is 78.6 cm³/mol. The van der Waals surface area contributed by atoms with Crippen LogP contribution in [0.4, 0.5) is 5.82 Å². The van der Waals surface area contributed by atoms with E-state index >= 15 is 0 Å². The zero-order valence-corrected chi connectivity index (χ0v) is 12.7. The van der Waals surface area contributed by atoms with Crippen LogP contribution < -0.4 is 11.1 Å². The topological polar surface area (TPSA) is 77.2 Å². The normalized spacial score (nSPS) is 27.8. The Balaban J connectivity index is 2.10. The van der Waals surface area contributed by atoms with Crippen molar-refractivity contribution >= 4 is 23.3 Å². The standard InChI is InChI=1S/C14H20ClN3O2/c1-4-20-9-8-14(16,13(9,2)3)12(19)18-11-7-5-6-10(15)17-11/h5-7,9H,4,8,16H2,1-3H3,(H,17,18,19). The molecule has 110 valence electrons. The first-order valence-corrected chi connectivity index (χ1v) is 7.03. The molecule has 20 heavy (non-hydrogen) atoms. The number of anilines is 1. The van der Waals surface area contributed by atoms with Crippen LogP contribution >= 0.6 is 11.6 Å². The summed E-state index contributed by atoms with van der Waals surface area (Å²) in [6.07, 6.45) is 0.496. The van der Waals surface area contributed by atoms with Gasteiger partial charge in [0.25, 0.3) is 0 Å². The number of pyridine rings is 1. The fourth-order valence-electron chi connectivity index (χ4n) is 2.53. The van der Waals surface area contributed by atoms with E-state index in [1.54, 1.807) is 18.2 Å². The highest BCUT2D eigenvalue weighted by Crippen LogP contribution is 2.50. The molecule has 0 aromatic carbocycles. The van der Waals surface area contributed by atoms with Crippen LogP contribution in [0.2, 0.25) is 5.15 Å². The number of carbonyl (C=O) groups excluding carboxylic acids is 1. The number of nitrogens with one attached hydrogen (secondary N) is 1. The molecular formula is C14H20ClN3O2. The van der Waals surface area contributed by atoms with Crippen LogP contribution in [-0.2, 0) is 9.53 Å². The molecule has 1 aliphatic rings. The lowest BCUT2D eigenvalue weighted by atomic mass is 9.54. The molecule has 0 bridgehead atoms. The zero-order valence-electron chi connectivity index (χ0n) is 11.9. The van der Waals surface area contributed by atoms with Crippen molar-refractivity contribution in [3.05, 3.63) is 23.4 Å². The molecule has 1 aromatic heterocycles. The van der Waals surface area contributed by atoms with Crippen LogP contribution in [0.1, 0.15) is 27.2 Å². The number of halogens is 1. The number of hydrogen-bond donors (Lipinski definition) is 2. The first kappa shape index (κ1) is 15.2. The van der Waals surface area contributed by atoms with E-state index in [0.717, 1.165) is 0 Å². The third kappa shape index (κ3) is 2.41. The van der Waals surface area contributed by atoms with Crippen LogP contribution in [0.25, 0.3) is 0 Å². The molecule has 0 radical (unpaired) electrons. The Bertz CT molecular complexity index is 521. The number of carbonyl (C=O) groups is 1. The van der Waals surface area contributed by atoms with Crippen molar-refractivity contribution in [3.8, 4) is 0 Å². The maximum absolute atomic E-state index is 12.4. The van der Waals surface area contributed by atoms with Crippen molar-refractivity contribution in [1.29, 1.82) is 0 Å². The molecule has 5 nitrogen and oxygen atoms in total. The summed E-state index contributed by atoms with van der Waals surface area (Å²) in [5.41, 5.74) is 4.89. The van der Waals surface area contributed by atoms with Crippen LogP contribution in [0.3, 0.4) is 0 Å². The molecule has 1 heterocycles. The molecule has 1 fully saturated rings. The van der Waals surface area contributed by atoms with E-state index in [9.17, 15) is 4.79 Å². The number of hydrogen-bond acceptors (Lipinski definition) is 4. The Morgan fingerprint density at radius 2 is 2.30 bits per heavy atom. The van der Waals surface area contributed by atoms with Gasteiger partial charge in [-0.2, -0.15) is 0 Å². The van der Waals surface area contributed by atoms with Gasteiger partial charge < -0.3 is 15.8 Å². The lowest BCUT2D eigenvalue weighted by Crippen LogP contribution is -2.74. The van der Waals surface area contributed by atoms with Gasteiger partial charge in [-0.25, -0.2) is 4.98 Å². The Morgan fingerprint density at radius 3 is 2.85 bits per heavy atom. The van der Waals surface area contributed by atoms with Crippen LogP contribution in [-0.4, -0.2) is 29.1 Å². The van der Waals surface area contributed by atoms with Gasteiger partial charge in [0.2, 0.25) is 5.91 Å². The van der Waals surface area contributed by atoms with Gasteiger partial charge in [0.15, 0.2) is 0 Å². The van der Waals surface area contributed by atoms with Crippen molar-refractivity contribution in [2.45, 2.75) is 38.8 Å². The molecule has 2 unspecified atom stereocenters. The number of amides is 1. The Morgan fingerprint density at radius 1 is 1.60 bits per heavy atom. The summed E-state index contributed by atoms with van der Waals surface area (Å²) in [6, 6.07) is 5.05. The molecule has 2 rings (SSSR count). The van der Waals surface area contributed by atoms with Gasteiger partial charge in [-0.15, -0.1) is 0 Å². The van der Waals surface area contributed by atoms with E-state index in [1.165, 1.54) is 0 Å². The average Bonchev–Trinajstić information content (AvgIpc) is 2.38. The molecule has 0 saturated heterocycles. The molecule has 1 aliphatic carbocycles. The van der Waals surface area contributed by atoms with E-state index in [-0.39, 0.29) is 12.0 Å². The van der Waals surface area contributed by atoms with E-state index in [0.29, 0.717) is 24.0 Å². The van der Waals surface area contributed by atoms with Gasteiger partial charge in [0.1, 0.15) is 16.5 Å². The van der Waals surface area contributed by atoms with Gasteiger partial charge in [-0.3, -0.25) is 4.79 Å². The smallest absolute Gasteiger partial charge is 0.246 e. The first-order chi connectivity index (χ1) is 9.31. The third-order valence-electron chi connectivity index (χ3n) is 4.19. The highest BCUT2D eigenvalue weighted by Gasteiger charge is 2.62. The number of aromatic nitrogens is 1. The quantitative estimate of drug-likeness (QED) is 0.835. The minimum absolute atomic E-state index is 0.00410. The Labute approximate surface area is 123 Å². The minimum atomic E-state index is -0.961. The van der Waals surface area contributed by atoms with Crippen molar-refractivity contribution < 1.29 is 9.53 Å². The summed E-state index contributed by atoms with van der Waals surface area (Å²) in [4.78, 5) is 16.5. The maximum atomic E-state index is 12.4. The predicted octanol–water partition coefficient (Wildman–Crippen LogP) is 2.21. The minimum Gasteiger partial charge on any atom is -0.378 e. The van der Waals surface area contributed by atoms with Crippen molar-refractivity contribution in [1.82, 2.24) is 4.98 Å². The lowest BCUT2D eigenvalue weighted by Gasteiger charge is -2.57. The van der Waals surface area contributed by atoms with Crippen LogP contribution in [0, 0.1) is 5.41 Å². The summed E-state index contributed by atoms with van der Waals surface area (Å²) in [6.45, 7) is 6.44. The molecule has 0 aliphatic heterocycles. The van der Waals surface area contributed by atoms with Crippen LogP contribution in [0.5, 0.6) is 0 Å². The Hall–Kier alpha value is -1.17. The molecule has 6 heteroatoms. The van der Waals surface area contributed by atoms with Gasteiger partial charge >= 0.3 is 0 Å². The van der Waals surface area contributed by atoms with Crippen molar-refractivity contribution in [2.75, 3.05) is 11.9 Å². The summed E-state index contributed by atoms with van der Waals surface area (Å²) >= 11 is 5.80. The molecule has 1 amide bonds. The fraction of sp³-hybridized carbons (Fsp3) is 0.571. The van der Waals surface area contributed by atoms with E-state index in [1.807, 2.05) is 20.8 Å². The second-order valence-corrected chi connectivity index (χ2v) is 6.03. The first-order valence-electron chi connectivity index (χ1n) is 6.65. The van der Waals surface area contributed by atoms with Gasteiger partial charge in [0.05, 0.1) is 6.10 Å². The summed E-state index contributed by atoms with van der Waals surface area (Å²) in [7, 11) is 0. The number of nitrogens with two attached hydrogens (primary N) is 1. The molecule has 2 atom stereocenters. The lowest BCUT2D eigenvalue weighted by molar-refractivity contribution is -0.166. The van der Waals surface area contributed by atoms with Gasteiger partial charge in [0, 0.05) is 18.4 Å². The molecule has 0 spiro atoms. The number of rotatable bonds is 4. The Kier molecular flexibility index (Phi) is 4.04. The second-order valence-electron chi connectivity index (χ2n) is 5.64. The highest BCUT2D eigenvalue weighted by atomic mass is 35.5. The maximum Gasteiger partial charge on any atom is 0.246 e. The number of nitrogens with zero attached hydrogens (tertiary/aromatic N) is 1. The van der Waals surface area contributed by atoms with Crippen molar-refractivity contribution in [2.24, 2.45) is 11.1 Å². The zero-order chi connectivity index (χ0) is 15.0.